The molecule has 3 aromatic rings. The van der Waals surface area contributed by atoms with Crippen molar-refractivity contribution in [1.82, 2.24) is 0 Å². The number of alkyl halides is 5. The van der Waals surface area contributed by atoms with E-state index in [1.54, 1.807) is 0 Å². The Kier molecular flexibility index (Phi) is 7.90. The number of aryl methyl sites for hydroxylation is 1. The van der Waals surface area contributed by atoms with E-state index in [0.717, 1.165) is 24.3 Å². The number of halogens is 9. The van der Waals surface area contributed by atoms with E-state index in [4.69, 9.17) is 0 Å². The second-order valence-electron chi connectivity index (χ2n) is 7.56. The van der Waals surface area contributed by atoms with Crippen LogP contribution in [0.4, 0.5) is 39.5 Å². The van der Waals surface area contributed by atoms with Crippen LogP contribution in [0.25, 0.3) is 11.1 Å². The molecule has 0 saturated heterocycles. The molecular formula is C25H17F9O2. The molecule has 0 aromatic heterocycles. The molecule has 0 N–H and O–H groups in total. The SMILES string of the molecule is CCCc1ccc(C(F)(F)Oc2ccc(-c3cc(F)c(O/C=C/C(F)(F)F)c(F)c3)c(F)c2)c(F)c1. The summed E-state index contributed by atoms with van der Waals surface area (Å²) < 4.78 is 131. The van der Waals surface area contributed by atoms with Crippen LogP contribution in [0.1, 0.15) is 24.5 Å². The second kappa shape index (κ2) is 10.5. The normalized spacial score (nSPS) is 12.3. The number of allylic oxidation sites excluding steroid dienone is 1. The molecule has 0 spiro atoms. The van der Waals surface area contributed by atoms with Gasteiger partial charge >= 0.3 is 12.3 Å². The molecule has 3 aromatic carbocycles. The molecule has 0 bridgehead atoms. The lowest BCUT2D eigenvalue weighted by Gasteiger charge is -2.19. The standard InChI is InChI=1S/C25H17F9O2/c1-2-3-14-4-7-18(20(27)10-14)25(33,34)36-16-5-6-17(19(26)13-16)15-11-21(28)23(22(29)12-15)35-9-8-24(30,31)32/h4-13H,2-3H2,1H3/b9-8+. The minimum Gasteiger partial charge on any atom is -0.459 e. The Balaban J connectivity index is 1.83. The highest BCUT2D eigenvalue weighted by molar-refractivity contribution is 5.66. The topological polar surface area (TPSA) is 18.5 Å². The third-order valence-corrected chi connectivity index (χ3v) is 4.82. The van der Waals surface area contributed by atoms with Gasteiger partial charge in [-0.2, -0.15) is 22.0 Å². The molecule has 192 valence electrons. The molecule has 0 aliphatic rings. The number of benzene rings is 3. The van der Waals surface area contributed by atoms with Gasteiger partial charge in [0.2, 0.25) is 0 Å². The highest BCUT2D eigenvalue weighted by Crippen LogP contribution is 2.36. The van der Waals surface area contributed by atoms with Gasteiger partial charge in [-0.15, -0.1) is 0 Å². The summed E-state index contributed by atoms with van der Waals surface area (Å²) in [5, 5.41) is 0. The van der Waals surface area contributed by atoms with Gasteiger partial charge in [0.1, 0.15) is 17.4 Å². The summed E-state index contributed by atoms with van der Waals surface area (Å²) in [6, 6.07) is 6.58. The summed E-state index contributed by atoms with van der Waals surface area (Å²) >= 11 is 0. The Labute approximate surface area is 199 Å². The van der Waals surface area contributed by atoms with Gasteiger partial charge in [-0.05, 0) is 53.9 Å². The lowest BCUT2D eigenvalue weighted by molar-refractivity contribution is -0.187. The number of ether oxygens (including phenoxy) is 2. The fraction of sp³-hybridized carbons (Fsp3) is 0.200. The lowest BCUT2D eigenvalue weighted by Crippen LogP contribution is -2.23. The summed E-state index contributed by atoms with van der Waals surface area (Å²) in [5.74, 6) is -7.16. The van der Waals surface area contributed by atoms with E-state index in [0.29, 0.717) is 36.6 Å². The molecule has 3 rings (SSSR count). The minimum atomic E-state index is -4.78. The van der Waals surface area contributed by atoms with E-state index < -0.39 is 63.7 Å². The van der Waals surface area contributed by atoms with Crippen LogP contribution in [0.2, 0.25) is 0 Å². The van der Waals surface area contributed by atoms with Crippen LogP contribution >= 0.6 is 0 Å². The third kappa shape index (κ3) is 6.52. The van der Waals surface area contributed by atoms with Gasteiger partial charge in [0.25, 0.3) is 0 Å². The first kappa shape index (κ1) is 27.0. The van der Waals surface area contributed by atoms with Crippen molar-refractivity contribution in [2.45, 2.75) is 32.1 Å². The summed E-state index contributed by atoms with van der Waals surface area (Å²) in [4.78, 5) is 0. The van der Waals surface area contributed by atoms with E-state index in [2.05, 4.69) is 9.47 Å². The van der Waals surface area contributed by atoms with Crippen LogP contribution < -0.4 is 9.47 Å². The first-order valence-electron chi connectivity index (χ1n) is 10.4. The minimum absolute atomic E-state index is 0.0360. The zero-order valence-corrected chi connectivity index (χ0v) is 18.4. The van der Waals surface area contributed by atoms with E-state index >= 15 is 0 Å². The quantitative estimate of drug-likeness (QED) is 0.219. The molecule has 0 saturated carbocycles. The van der Waals surface area contributed by atoms with Gasteiger partial charge in [0.15, 0.2) is 17.4 Å². The van der Waals surface area contributed by atoms with E-state index in [-0.39, 0.29) is 12.3 Å². The molecule has 2 nitrogen and oxygen atoms in total. The molecule has 0 amide bonds. The van der Waals surface area contributed by atoms with Crippen LogP contribution in [-0.2, 0) is 12.5 Å². The highest BCUT2D eigenvalue weighted by atomic mass is 19.4. The number of hydrogen-bond acceptors (Lipinski definition) is 2. The van der Waals surface area contributed by atoms with Crippen molar-refractivity contribution < 1.29 is 49.0 Å². The monoisotopic (exact) mass is 520 g/mol. The third-order valence-electron chi connectivity index (χ3n) is 4.82. The van der Waals surface area contributed by atoms with Crippen LogP contribution in [0.3, 0.4) is 0 Å². The van der Waals surface area contributed by atoms with E-state index in [9.17, 15) is 39.5 Å². The summed E-state index contributed by atoms with van der Waals surface area (Å²) in [6.07, 6.45) is -8.14. The number of hydrogen-bond donors (Lipinski definition) is 0. The Hall–Kier alpha value is -3.63. The maximum atomic E-state index is 14.6. The molecule has 0 atom stereocenters. The van der Waals surface area contributed by atoms with Crippen molar-refractivity contribution in [3.05, 3.63) is 95.3 Å². The maximum absolute atomic E-state index is 14.6. The van der Waals surface area contributed by atoms with Crippen molar-refractivity contribution in [3.8, 4) is 22.6 Å². The van der Waals surface area contributed by atoms with Crippen LogP contribution in [-0.4, -0.2) is 6.18 Å². The maximum Gasteiger partial charge on any atom is 0.429 e. The fourth-order valence-electron chi connectivity index (χ4n) is 3.24. The largest absolute Gasteiger partial charge is 0.459 e. The summed E-state index contributed by atoms with van der Waals surface area (Å²) in [7, 11) is 0. The zero-order chi connectivity index (χ0) is 26.7. The summed E-state index contributed by atoms with van der Waals surface area (Å²) in [5.41, 5.74) is -1.38. The van der Waals surface area contributed by atoms with Crippen molar-refractivity contribution in [2.75, 3.05) is 0 Å². The Bertz CT molecular complexity index is 1240. The van der Waals surface area contributed by atoms with Gasteiger partial charge in [-0.25, -0.2) is 17.6 Å². The molecule has 0 aliphatic heterocycles. The van der Waals surface area contributed by atoms with Crippen molar-refractivity contribution in [2.24, 2.45) is 0 Å². The van der Waals surface area contributed by atoms with Gasteiger partial charge in [-0.3, -0.25) is 0 Å². The second-order valence-corrected chi connectivity index (χ2v) is 7.56. The zero-order valence-electron chi connectivity index (χ0n) is 18.4. The first-order chi connectivity index (χ1) is 16.8. The smallest absolute Gasteiger partial charge is 0.429 e. The fourth-order valence-corrected chi connectivity index (χ4v) is 3.24. The first-order valence-corrected chi connectivity index (χ1v) is 10.4. The van der Waals surface area contributed by atoms with Gasteiger partial charge in [0, 0.05) is 11.6 Å². The van der Waals surface area contributed by atoms with Crippen molar-refractivity contribution in [1.29, 1.82) is 0 Å². The van der Waals surface area contributed by atoms with Crippen LogP contribution in [0, 0.1) is 23.3 Å². The molecular weight excluding hydrogens is 503 g/mol. The van der Waals surface area contributed by atoms with Gasteiger partial charge in [-0.1, -0.05) is 19.4 Å². The van der Waals surface area contributed by atoms with Gasteiger partial charge < -0.3 is 9.47 Å². The Morgan fingerprint density at radius 2 is 1.44 bits per heavy atom. The van der Waals surface area contributed by atoms with E-state index in [1.807, 2.05) is 6.92 Å². The predicted molar refractivity (Wildman–Crippen MR) is 112 cm³/mol. The van der Waals surface area contributed by atoms with Crippen molar-refractivity contribution >= 4 is 0 Å². The average molecular weight is 520 g/mol. The Morgan fingerprint density at radius 3 is 2.00 bits per heavy atom. The molecule has 36 heavy (non-hydrogen) atoms. The molecule has 0 unspecified atom stereocenters. The molecule has 11 heteroatoms. The predicted octanol–water partition coefficient (Wildman–Crippen LogP) is 8.45. The van der Waals surface area contributed by atoms with Gasteiger partial charge in [0.05, 0.1) is 17.9 Å². The van der Waals surface area contributed by atoms with Crippen LogP contribution in [0.15, 0.2) is 60.9 Å². The van der Waals surface area contributed by atoms with E-state index in [1.165, 1.54) is 6.07 Å². The molecule has 0 radical (unpaired) electrons. The molecule has 0 fully saturated rings. The highest BCUT2D eigenvalue weighted by Gasteiger charge is 2.38. The number of rotatable bonds is 8. The molecule has 0 heterocycles. The van der Waals surface area contributed by atoms with Crippen molar-refractivity contribution in [3.63, 3.8) is 0 Å². The van der Waals surface area contributed by atoms with Crippen LogP contribution in [0.5, 0.6) is 11.5 Å². The summed E-state index contributed by atoms with van der Waals surface area (Å²) in [6.45, 7) is 1.84. The lowest BCUT2D eigenvalue weighted by atomic mass is 10.0. The Morgan fingerprint density at radius 1 is 0.778 bits per heavy atom. The molecule has 0 aliphatic carbocycles. The average Bonchev–Trinajstić information content (AvgIpc) is 2.74.